The molecule has 13 heteroatoms. The third-order valence-electron chi connectivity index (χ3n) is 11.7. The lowest BCUT2D eigenvalue weighted by Crippen LogP contribution is -2.50. The van der Waals surface area contributed by atoms with Crippen molar-refractivity contribution in [3.05, 3.63) is 64.7 Å². The number of likely N-dealkylation sites (tertiary alicyclic amines) is 1. The topological polar surface area (TPSA) is 118 Å². The number of likely N-dealkylation sites (N-methyl/N-ethyl adjacent to an activating group) is 1. The highest BCUT2D eigenvalue weighted by atomic mass is 35.5. The Morgan fingerprint density at radius 1 is 1.10 bits per heavy atom. The summed E-state index contributed by atoms with van der Waals surface area (Å²) in [4.78, 5) is 33.1. The molecule has 1 saturated heterocycles. The minimum atomic E-state index is -4.24. The van der Waals surface area contributed by atoms with Crippen LogP contribution in [0.3, 0.4) is 0 Å². The summed E-state index contributed by atoms with van der Waals surface area (Å²) in [6.45, 7) is 6.01. The average Bonchev–Trinajstić information content (AvgIpc) is 3.52. The summed E-state index contributed by atoms with van der Waals surface area (Å²) in [7, 11) is -0.183. The van der Waals surface area contributed by atoms with E-state index in [-0.39, 0.29) is 40.9 Å². The highest BCUT2D eigenvalue weighted by molar-refractivity contribution is 7.90. The molecule has 7 rings (SSSR count). The number of anilines is 1. The van der Waals surface area contributed by atoms with Gasteiger partial charge in [-0.25, -0.2) is 17.9 Å². The fourth-order valence-electron chi connectivity index (χ4n) is 8.40. The molecule has 2 aromatic rings. The number of hydrogen-bond donors (Lipinski definition) is 1. The number of aryl methyl sites for hydroxylation is 1. The van der Waals surface area contributed by atoms with E-state index >= 15 is 0 Å². The summed E-state index contributed by atoms with van der Waals surface area (Å²) in [5.74, 6) is -0.00288. The summed E-state index contributed by atoms with van der Waals surface area (Å²) < 4.78 is 48.3. The van der Waals surface area contributed by atoms with E-state index in [0.29, 0.717) is 49.2 Å². The van der Waals surface area contributed by atoms with Gasteiger partial charge >= 0.3 is 6.09 Å². The molecule has 1 spiro atoms. The molecule has 3 heterocycles. The van der Waals surface area contributed by atoms with E-state index in [1.165, 1.54) is 31.0 Å². The molecule has 11 nitrogen and oxygen atoms in total. The van der Waals surface area contributed by atoms with Gasteiger partial charge in [-0.2, -0.15) is 0 Å². The predicted octanol–water partition coefficient (Wildman–Crippen LogP) is 5.15. The minimum Gasteiger partial charge on any atom is -0.490 e. The molecule has 276 valence electrons. The monoisotopic (exact) mass is 740 g/mol. The third kappa shape index (κ3) is 7.21. The molecule has 2 fully saturated rings. The van der Waals surface area contributed by atoms with Crippen molar-refractivity contribution < 1.29 is 32.2 Å². The Kier molecular flexibility index (Phi) is 9.83. The number of nitrogens with one attached hydrogen (secondary N) is 1. The molecule has 2 aliphatic carbocycles. The van der Waals surface area contributed by atoms with Gasteiger partial charge in [-0.15, -0.1) is 0 Å². The fraction of sp³-hybridized carbons (Fsp3) is 0.579. The van der Waals surface area contributed by atoms with E-state index < -0.39 is 27.6 Å². The molecule has 5 aliphatic rings. The number of rotatable bonds is 2. The maximum Gasteiger partial charge on any atom is 0.410 e. The standard InChI is InChI=1S/C38H49ClN4O7S/c1-37(2)35(44)40-51(46,47)29-11-14-34-32(20-29)43(23-38(24-48-34)16-5-7-25-19-27(39)10-13-31(25)38)21-26-9-12-30(26)33(8-6-18-49-37)50-36(45)42-17-15-28(22-42)41(3)4/h6,8,10-11,13-14,19-20,26,28,30,33H,5,7,9,12,15-18,21-24H2,1-4H3,(H,40,44)/b8-6-/t26-,28+,30+,33-,38-/m0/s1. The molecule has 1 N–H and O–H groups in total. The van der Waals surface area contributed by atoms with Gasteiger partial charge in [-0.05, 0) is 120 Å². The number of halogens is 1. The van der Waals surface area contributed by atoms with Crippen LogP contribution in [-0.4, -0.2) is 101 Å². The number of benzene rings is 2. The Morgan fingerprint density at radius 2 is 1.92 bits per heavy atom. The first-order valence-corrected chi connectivity index (χ1v) is 19.9. The van der Waals surface area contributed by atoms with Crippen LogP contribution < -0.4 is 14.4 Å². The van der Waals surface area contributed by atoms with Crippen molar-refractivity contribution in [2.75, 3.05) is 58.4 Å². The quantitative estimate of drug-likeness (QED) is 0.418. The van der Waals surface area contributed by atoms with Crippen LogP contribution in [0.1, 0.15) is 57.1 Å². The molecule has 0 unspecified atom stereocenters. The van der Waals surface area contributed by atoms with Crippen LogP contribution in [-0.2, 0) is 36.1 Å². The van der Waals surface area contributed by atoms with E-state index in [1.807, 2.05) is 26.2 Å². The molecule has 0 aromatic heterocycles. The van der Waals surface area contributed by atoms with Crippen molar-refractivity contribution in [2.45, 2.75) is 80.4 Å². The van der Waals surface area contributed by atoms with Gasteiger partial charge in [0.05, 0.1) is 23.8 Å². The van der Waals surface area contributed by atoms with Crippen molar-refractivity contribution in [3.8, 4) is 5.75 Å². The predicted molar refractivity (Wildman–Crippen MR) is 195 cm³/mol. The molecule has 0 radical (unpaired) electrons. The van der Waals surface area contributed by atoms with Gasteiger partial charge in [0.15, 0.2) is 0 Å². The Labute approximate surface area is 306 Å². The maximum atomic E-state index is 13.7. The summed E-state index contributed by atoms with van der Waals surface area (Å²) in [6, 6.07) is 11.2. The van der Waals surface area contributed by atoms with E-state index in [2.05, 4.69) is 26.7 Å². The van der Waals surface area contributed by atoms with Crippen molar-refractivity contribution in [2.24, 2.45) is 11.8 Å². The highest BCUT2D eigenvalue weighted by Gasteiger charge is 2.45. The van der Waals surface area contributed by atoms with Crippen LogP contribution in [0.15, 0.2) is 53.4 Å². The molecule has 2 amide bonds. The summed E-state index contributed by atoms with van der Waals surface area (Å²) in [5, 5.41) is 0.705. The van der Waals surface area contributed by atoms with Crippen LogP contribution in [0.25, 0.3) is 0 Å². The molecule has 2 aromatic carbocycles. The van der Waals surface area contributed by atoms with E-state index in [0.717, 1.165) is 38.5 Å². The zero-order valence-electron chi connectivity index (χ0n) is 29.9. The summed E-state index contributed by atoms with van der Waals surface area (Å²) >= 11 is 6.45. The second-order valence-electron chi connectivity index (χ2n) is 15.6. The first kappa shape index (κ1) is 36.1. The molecule has 51 heavy (non-hydrogen) atoms. The van der Waals surface area contributed by atoms with Crippen LogP contribution in [0, 0.1) is 11.8 Å². The zero-order chi connectivity index (χ0) is 36.1. The molecule has 5 atom stereocenters. The van der Waals surface area contributed by atoms with Crippen molar-refractivity contribution in [3.63, 3.8) is 0 Å². The molecular formula is C38H49ClN4O7S. The zero-order valence-corrected chi connectivity index (χ0v) is 31.5. The van der Waals surface area contributed by atoms with Gasteiger partial charge in [0.1, 0.15) is 17.5 Å². The fourth-order valence-corrected chi connectivity index (χ4v) is 9.72. The van der Waals surface area contributed by atoms with Crippen LogP contribution in [0.4, 0.5) is 10.5 Å². The Balaban J connectivity index is 1.26. The van der Waals surface area contributed by atoms with Crippen molar-refractivity contribution >= 4 is 39.3 Å². The number of amides is 2. The average molecular weight is 741 g/mol. The minimum absolute atomic E-state index is 0.0311. The molecule has 1 saturated carbocycles. The van der Waals surface area contributed by atoms with E-state index in [9.17, 15) is 18.0 Å². The molecular weight excluding hydrogens is 692 g/mol. The summed E-state index contributed by atoms with van der Waals surface area (Å²) in [5.41, 5.74) is 1.28. The van der Waals surface area contributed by atoms with Gasteiger partial charge in [-0.3, -0.25) is 4.79 Å². The second-order valence-corrected chi connectivity index (χ2v) is 17.7. The van der Waals surface area contributed by atoms with Gasteiger partial charge in [-0.1, -0.05) is 23.7 Å². The van der Waals surface area contributed by atoms with Crippen molar-refractivity contribution in [1.82, 2.24) is 14.5 Å². The van der Waals surface area contributed by atoms with Crippen molar-refractivity contribution in [1.29, 1.82) is 0 Å². The highest BCUT2D eigenvalue weighted by Crippen LogP contribution is 2.47. The maximum absolute atomic E-state index is 13.7. The van der Waals surface area contributed by atoms with Gasteiger partial charge < -0.3 is 28.9 Å². The SMILES string of the molecule is CN(C)[C@@H]1CCN(C(=O)O[C@H]2/C=C\COC(C)(C)C(=O)NS(=O)(=O)c3ccc4c(c3)N(C[C@@H]3CC[C@H]32)C[C@@]2(CCCc3cc(Cl)ccc32)CO4)C1. The van der Waals surface area contributed by atoms with E-state index in [1.54, 1.807) is 23.1 Å². The molecule has 2 bridgehead atoms. The summed E-state index contributed by atoms with van der Waals surface area (Å²) in [6.07, 6.45) is 8.35. The van der Waals surface area contributed by atoms with Crippen LogP contribution >= 0.6 is 11.6 Å². The number of nitrogens with zero attached hydrogens (tertiary/aromatic N) is 3. The second kappa shape index (κ2) is 13.9. The Bertz CT molecular complexity index is 1820. The third-order valence-corrected chi connectivity index (χ3v) is 13.3. The van der Waals surface area contributed by atoms with Gasteiger partial charge in [0.25, 0.3) is 15.9 Å². The molecule has 3 aliphatic heterocycles. The first-order valence-electron chi connectivity index (χ1n) is 18.1. The van der Waals surface area contributed by atoms with E-state index in [4.69, 9.17) is 25.8 Å². The number of hydrogen-bond acceptors (Lipinski definition) is 9. The largest absolute Gasteiger partial charge is 0.490 e. The Hall–Kier alpha value is -3.32. The number of ether oxygens (including phenoxy) is 3. The van der Waals surface area contributed by atoms with Gasteiger partial charge in [0, 0.05) is 48.6 Å². The lowest BCUT2D eigenvalue weighted by molar-refractivity contribution is -0.139. The normalized spacial score (nSPS) is 30.7. The first-order chi connectivity index (χ1) is 24.2. The number of carbonyl (C=O) groups excluding carboxylic acids is 2. The van der Waals surface area contributed by atoms with Crippen LogP contribution in [0.2, 0.25) is 5.02 Å². The lowest BCUT2D eigenvalue weighted by atomic mass is 9.68. The van der Waals surface area contributed by atoms with Gasteiger partial charge in [0.2, 0.25) is 0 Å². The lowest BCUT2D eigenvalue weighted by Gasteiger charge is -2.46. The Morgan fingerprint density at radius 3 is 2.67 bits per heavy atom. The van der Waals surface area contributed by atoms with Crippen LogP contribution in [0.5, 0.6) is 5.75 Å². The number of carbonyl (C=O) groups is 2. The number of sulfonamides is 1. The number of fused-ring (bicyclic) bond motifs is 4. The smallest absolute Gasteiger partial charge is 0.410 e.